The Bertz CT molecular complexity index is 3050. The molecule has 0 spiro atoms. The van der Waals surface area contributed by atoms with Gasteiger partial charge in [0.1, 0.15) is 17.6 Å². The second-order valence-electron chi connectivity index (χ2n) is 17.1. The van der Waals surface area contributed by atoms with E-state index in [1.807, 2.05) is 79.7 Å². The van der Waals surface area contributed by atoms with Gasteiger partial charge in [-0.1, -0.05) is 128 Å². The minimum absolute atomic E-state index is 0.160. The summed E-state index contributed by atoms with van der Waals surface area (Å²) < 4.78 is 11.1. The first-order valence-electron chi connectivity index (χ1n) is 22.2. The number of ether oxygens (including phenoxy) is 1. The summed E-state index contributed by atoms with van der Waals surface area (Å²) in [5.41, 5.74) is 11.6. The van der Waals surface area contributed by atoms with Crippen molar-refractivity contribution in [2.45, 2.75) is 58.3 Å². The predicted octanol–water partition coefficient (Wildman–Crippen LogP) is 14.1. The highest BCUT2D eigenvalue weighted by atomic mass is 17.2. The van der Waals surface area contributed by atoms with E-state index in [1.54, 1.807) is 0 Å². The molecule has 1 aliphatic carbocycles. The molecule has 10 aromatic rings. The number of para-hydroxylation sites is 5. The lowest BCUT2D eigenvalue weighted by Crippen LogP contribution is -2.35. The maximum absolute atomic E-state index is 12.2. The number of hydrogen-bond donors (Lipinski definition) is 2. The van der Waals surface area contributed by atoms with Crippen molar-refractivity contribution >= 4 is 43.6 Å². The molecule has 0 saturated heterocycles. The molecule has 1 saturated carbocycles. The van der Waals surface area contributed by atoms with Gasteiger partial charge in [0, 0.05) is 38.2 Å². The van der Waals surface area contributed by atoms with Crippen LogP contribution in [0.4, 0.5) is 0 Å². The molecule has 11 rings (SSSR count). The van der Waals surface area contributed by atoms with Crippen LogP contribution in [0, 0.1) is 13.8 Å². The van der Waals surface area contributed by atoms with Crippen LogP contribution >= 0.6 is 0 Å². The summed E-state index contributed by atoms with van der Waals surface area (Å²) in [6, 6.07) is 57.3. The van der Waals surface area contributed by atoms with Gasteiger partial charge >= 0.3 is 0 Å². The van der Waals surface area contributed by atoms with Crippen molar-refractivity contribution in [2.24, 2.45) is 0 Å². The zero-order valence-electron chi connectivity index (χ0n) is 35.9. The Morgan fingerprint density at radius 3 is 1.42 bits per heavy atom. The first-order valence-corrected chi connectivity index (χ1v) is 22.2. The van der Waals surface area contributed by atoms with Gasteiger partial charge < -0.3 is 29.0 Å². The van der Waals surface area contributed by atoms with Gasteiger partial charge in [-0.25, -0.2) is 0 Å². The summed E-state index contributed by atoms with van der Waals surface area (Å²) in [4.78, 5) is 12.6. The Kier molecular flexibility index (Phi) is 10.1. The number of phenolic OH excluding ortho intramolecular Hbond substituents is 2. The summed E-state index contributed by atoms with van der Waals surface area (Å²) in [5, 5.41) is 28.9. The van der Waals surface area contributed by atoms with Crippen LogP contribution in [0.3, 0.4) is 0 Å². The lowest BCUT2D eigenvalue weighted by atomic mass is 9.94. The van der Waals surface area contributed by atoms with E-state index in [-0.39, 0.29) is 23.7 Å². The molecule has 7 heteroatoms. The molecular formula is C57H48N2O5. The largest absolute Gasteiger partial charge is 0.505 e. The molecule has 1 aliphatic rings. The summed E-state index contributed by atoms with van der Waals surface area (Å²) >= 11 is 0. The minimum atomic E-state index is -0.317. The standard InChI is InChI=1S/C57H48N2O5/c1-36-31-45(56(60)51(33-36)58-47-24-10-5-19-40(47)41-20-6-11-25-48(41)58)39-18-4-3-17-38(39)35-62-54-29-15-16-30-55(54)64-63-53-28-14-9-23-44(53)46-32-37(2)34-52(57(46)61)59-49-26-12-7-21-42(49)43-22-8-13-27-50(43)59/h3-14,17-28,31-34,54-55,60-61H,15-16,29-30,35H2,1-2H3. The van der Waals surface area contributed by atoms with Crippen molar-refractivity contribution < 1.29 is 24.7 Å². The Balaban J connectivity index is 0.868. The molecule has 7 nitrogen and oxygen atoms in total. The fourth-order valence-corrected chi connectivity index (χ4v) is 9.98. The van der Waals surface area contributed by atoms with Gasteiger partial charge in [0.25, 0.3) is 0 Å². The van der Waals surface area contributed by atoms with Crippen LogP contribution in [0.15, 0.2) is 170 Å². The zero-order valence-corrected chi connectivity index (χ0v) is 35.9. The second kappa shape index (κ2) is 16.4. The fraction of sp³-hybridized carbons (Fsp3) is 0.158. The molecule has 2 atom stereocenters. The molecule has 0 aliphatic heterocycles. The summed E-state index contributed by atoms with van der Waals surface area (Å²) in [6.07, 6.45) is 3.09. The van der Waals surface area contributed by atoms with Crippen LogP contribution in [0.5, 0.6) is 17.2 Å². The summed E-state index contributed by atoms with van der Waals surface area (Å²) in [5.74, 6) is 0.894. The van der Waals surface area contributed by atoms with Crippen molar-refractivity contribution in [3.8, 4) is 50.9 Å². The molecule has 2 unspecified atom stereocenters. The molecular weight excluding hydrogens is 793 g/mol. The normalized spacial score (nSPS) is 15.4. The lowest BCUT2D eigenvalue weighted by Gasteiger charge is -2.30. The number of aryl methyl sites for hydroxylation is 2. The highest BCUT2D eigenvalue weighted by Gasteiger charge is 2.30. The average Bonchev–Trinajstić information content (AvgIpc) is 3.85. The maximum Gasteiger partial charge on any atom is 0.173 e. The second-order valence-corrected chi connectivity index (χ2v) is 17.1. The van der Waals surface area contributed by atoms with E-state index >= 15 is 0 Å². The summed E-state index contributed by atoms with van der Waals surface area (Å²) in [6.45, 7) is 4.46. The van der Waals surface area contributed by atoms with Gasteiger partial charge in [-0.05, 0) is 104 Å². The van der Waals surface area contributed by atoms with E-state index in [0.717, 1.165) is 108 Å². The molecule has 0 radical (unpaired) electrons. The molecule has 0 amide bonds. The Morgan fingerprint density at radius 1 is 0.469 bits per heavy atom. The molecule has 2 N–H and O–H groups in total. The minimum Gasteiger partial charge on any atom is -0.505 e. The topological polar surface area (TPSA) is 78.0 Å². The van der Waals surface area contributed by atoms with Crippen LogP contribution in [-0.2, 0) is 16.2 Å². The number of phenols is 2. The first-order chi connectivity index (χ1) is 31.4. The number of hydrogen-bond acceptors (Lipinski definition) is 5. The highest BCUT2D eigenvalue weighted by Crippen LogP contribution is 2.45. The van der Waals surface area contributed by atoms with E-state index in [2.05, 4.69) is 113 Å². The monoisotopic (exact) mass is 840 g/mol. The number of aromatic hydroxyl groups is 2. The highest BCUT2D eigenvalue weighted by molar-refractivity contribution is 6.10. The van der Waals surface area contributed by atoms with Gasteiger partial charge in [0.05, 0.1) is 46.2 Å². The smallest absolute Gasteiger partial charge is 0.173 e. The van der Waals surface area contributed by atoms with Crippen molar-refractivity contribution in [3.63, 3.8) is 0 Å². The van der Waals surface area contributed by atoms with Gasteiger partial charge in [-0.3, -0.25) is 0 Å². The van der Waals surface area contributed by atoms with E-state index in [1.165, 1.54) is 0 Å². The van der Waals surface area contributed by atoms with Crippen LogP contribution < -0.4 is 4.89 Å². The van der Waals surface area contributed by atoms with Crippen molar-refractivity contribution in [1.82, 2.24) is 9.13 Å². The SMILES string of the molecule is Cc1cc(-c2ccccc2COC2CCCCC2OOc2ccccc2-c2cc(C)cc(-n3c4ccccc4c4ccccc43)c2O)c(O)c(-n2c3ccccc3c3ccccc32)c1. The quantitative estimate of drug-likeness (QED) is 0.106. The maximum atomic E-state index is 12.2. The van der Waals surface area contributed by atoms with Crippen LogP contribution in [0.1, 0.15) is 42.4 Å². The number of fused-ring (bicyclic) bond motifs is 6. The van der Waals surface area contributed by atoms with Crippen LogP contribution in [0.25, 0.3) is 77.2 Å². The van der Waals surface area contributed by atoms with E-state index in [9.17, 15) is 10.2 Å². The number of aromatic nitrogens is 2. The van der Waals surface area contributed by atoms with Crippen LogP contribution in [0.2, 0.25) is 0 Å². The Morgan fingerprint density at radius 2 is 0.891 bits per heavy atom. The zero-order chi connectivity index (χ0) is 43.3. The van der Waals surface area contributed by atoms with Gasteiger partial charge in [0.15, 0.2) is 5.75 Å². The lowest BCUT2D eigenvalue weighted by molar-refractivity contribution is -0.277. The number of rotatable bonds is 10. The number of benzene rings is 8. The molecule has 316 valence electrons. The van der Waals surface area contributed by atoms with E-state index < -0.39 is 0 Å². The van der Waals surface area contributed by atoms with Crippen LogP contribution in [-0.4, -0.2) is 31.6 Å². The molecule has 2 heterocycles. The van der Waals surface area contributed by atoms with E-state index in [0.29, 0.717) is 23.6 Å². The summed E-state index contributed by atoms with van der Waals surface area (Å²) in [7, 11) is 0. The predicted molar refractivity (Wildman–Crippen MR) is 258 cm³/mol. The van der Waals surface area contributed by atoms with Gasteiger partial charge in [0.2, 0.25) is 0 Å². The van der Waals surface area contributed by atoms with Crippen molar-refractivity contribution in [3.05, 3.63) is 187 Å². The third kappa shape index (κ3) is 6.85. The van der Waals surface area contributed by atoms with Crippen molar-refractivity contribution in [1.29, 1.82) is 0 Å². The number of nitrogens with zero attached hydrogens (tertiary/aromatic N) is 2. The molecule has 64 heavy (non-hydrogen) atoms. The van der Waals surface area contributed by atoms with Crippen molar-refractivity contribution in [2.75, 3.05) is 0 Å². The van der Waals surface area contributed by atoms with Gasteiger partial charge in [-0.15, -0.1) is 0 Å². The molecule has 1 fully saturated rings. The Hall–Kier alpha value is -7.32. The average molecular weight is 841 g/mol. The molecule has 0 bridgehead atoms. The molecule has 8 aromatic carbocycles. The third-order valence-electron chi connectivity index (χ3n) is 13.0. The first kappa shape index (κ1) is 39.5. The third-order valence-corrected chi connectivity index (χ3v) is 13.0. The Labute approximate surface area is 371 Å². The fourth-order valence-electron chi connectivity index (χ4n) is 9.98. The van der Waals surface area contributed by atoms with Gasteiger partial charge in [-0.2, -0.15) is 4.89 Å². The van der Waals surface area contributed by atoms with E-state index in [4.69, 9.17) is 14.5 Å². The molecule has 2 aromatic heterocycles.